The highest BCUT2D eigenvalue weighted by Crippen LogP contribution is 2.45. The van der Waals surface area contributed by atoms with Crippen molar-refractivity contribution in [3.63, 3.8) is 0 Å². The van der Waals surface area contributed by atoms with Gasteiger partial charge in [-0.1, -0.05) is 0 Å². The Hall–Kier alpha value is -1.34. The van der Waals surface area contributed by atoms with E-state index in [2.05, 4.69) is 0 Å². The van der Waals surface area contributed by atoms with Gasteiger partial charge in [-0.15, -0.1) is 0 Å². The van der Waals surface area contributed by atoms with E-state index < -0.39 is 7.37 Å². The Kier molecular flexibility index (Phi) is 5.87. The van der Waals surface area contributed by atoms with Gasteiger partial charge in [0.1, 0.15) is 11.7 Å². The number of methoxy groups -OCH3 is 1. The van der Waals surface area contributed by atoms with Crippen LogP contribution in [0.2, 0.25) is 0 Å². The monoisotopic (exact) mass is 268 g/mol. The van der Waals surface area contributed by atoms with Crippen LogP contribution < -0.4 is 10.0 Å². The van der Waals surface area contributed by atoms with E-state index in [0.29, 0.717) is 30.1 Å². The fourth-order valence-electron chi connectivity index (χ4n) is 1.60. The average molecular weight is 268 g/mol. The summed E-state index contributed by atoms with van der Waals surface area (Å²) in [6, 6.07) is 7.01. The summed E-state index contributed by atoms with van der Waals surface area (Å²) in [5.41, 5.74) is 0. The maximum absolute atomic E-state index is 12.6. The molecule has 0 aliphatic carbocycles. The third-order valence-corrected chi connectivity index (χ3v) is 5.22. The molecule has 0 heterocycles. The van der Waals surface area contributed by atoms with Crippen molar-refractivity contribution >= 4 is 18.6 Å². The van der Waals surface area contributed by atoms with Crippen LogP contribution >= 0.6 is 7.37 Å². The smallest absolute Gasteiger partial charge is 0.231 e. The van der Waals surface area contributed by atoms with Gasteiger partial charge in [-0.25, -0.2) is 4.79 Å². The van der Waals surface area contributed by atoms with Crippen molar-refractivity contribution in [2.24, 2.45) is 0 Å². The van der Waals surface area contributed by atoms with Gasteiger partial charge in [-0.3, -0.25) is 4.57 Å². The molecule has 0 bridgehead atoms. The molecule has 0 aromatic heterocycles. The van der Waals surface area contributed by atoms with Crippen molar-refractivity contribution in [3.8, 4) is 5.75 Å². The molecule has 0 amide bonds. The average Bonchev–Trinajstić information content (AvgIpc) is 2.43. The fraction of sp³-hybridized carbons (Fsp3) is 0.385. The molecule has 98 valence electrons. The second-order valence-electron chi connectivity index (χ2n) is 3.74. The molecule has 1 unspecified atom stereocenters. The molecule has 0 fully saturated rings. The molecular formula is C13H17O4P. The Morgan fingerprint density at radius 1 is 1.28 bits per heavy atom. The lowest BCUT2D eigenvalue weighted by molar-refractivity contribution is 0.401. The Bertz CT molecular complexity index is 460. The van der Waals surface area contributed by atoms with Crippen LogP contribution in [0.25, 0.3) is 0 Å². The van der Waals surface area contributed by atoms with Gasteiger partial charge in [-0.05, 0) is 43.2 Å². The zero-order valence-electron chi connectivity index (χ0n) is 10.6. The molecule has 0 saturated carbocycles. The molecule has 18 heavy (non-hydrogen) atoms. The van der Waals surface area contributed by atoms with Crippen molar-refractivity contribution in [2.75, 3.05) is 20.4 Å². The Morgan fingerprint density at radius 2 is 1.94 bits per heavy atom. The minimum Gasteiger partial charge on any atom is -0.497 e. The van der Waals surface area contributed by atoms with Gasteiger partial charge in [0.25, 0.3) is 0 Å². The van der Waals surface area contributed by atoms with Crippen LogP contribution in [0.15, 0.2) is 30.3 Å². The molecule has 1 aromatic carbocycles. The van der Waals surface area contributed by atoms with Crippen LogP contribution in [0, 0.1) is 0 Å². The van der Waals surface area contributed by atoms with E-state index in [1.165, 1.54) is 13.2 Å². The highest BCUT2D eigenvalue weighted by Gasteiger charge is 2.23. The third kappa shape index (κ3) is 3.85. The highest BCUT2D eigenvalue weighted by molar-refractivity contribution is 7.66. The molecular weight excluding hydrogens is 251 g/mol. The number of allylic oxidation sites excluding steroid dienone is 1. The van der Waals surface area contributed by atoms with Crippen molar-refractivity contribution < 1.29 is 18.6 Å². The van der Waals surface area contributed by atoms with Crippen LogP contribution in [-0.2, 0) is 13.9 Å². The van der Waals surface area contributed by atoms with E-state index in [9.17, 15) is 9.36 Å². The highest BCUT2D eigenvalue weighted by atomic mass is 31.2. The van der Waals surface area contributed by atoms with Crippen molar-refractivity contribution in [2.45, 2.75) is 12.8 Å². The predicted octanol–water partition coefficient (Wildman–Crippen LogP) is 2.41. The molecule has 0 saturated heterocycles. The lowest BCUT2D eigenvalue weighted by Crippen LogP contribution is -2.09. The minimum absolute atomic E-state index is 0.411. The molecule has 5 heteroatoms. The summed E-state index contributed by atoms with van der Waals surface area (Å²) in [5.74, 6) is 2.42. The van der Waals surface area contributed by atoms with E-state index >= 15 is 0 Å². The SMILES string of the molecule is COc1ccc(P(=O)(CCCC=C=O)OC)cc1. The number of rotatable bonds is 7. The van der Waals surface area contributed by atoms with Crippen LogP contribution in [0.4, 0.5) is 0 Å². The van der Waals surface area contributed by atoms with E-state index in [-0.39, 0.29) is 0 Å². The molecule has 0 radical (unpaired) electrons. The van der Waals surface area contributed by atoms with E-state index in [1.54, 1.807) is 37.3 Å². The van der Waals surface area contributed by atoms with Gasteiger partial charge >= 0.3 is 0 Å². The fourth-order valence-corrected chi connectivity index (χ4v) is 3.45. The number of benzene rings is 1. The maximum Gasteiger partial charge on any atom is 0.231 e. The standard InChI is InChI=1S/C13H17O4P/c1-16-12-6-8-13(9-7-12)18(15,17-2)11-5-3-4-10-14/h4,6-9H,3,5,11H2,1-2H3. The second-order valence-corrected chi connectivity index (χ2v) is 6.42. The van der Waals surface area contributed by atoms with Crippen LogP contribution in [0.1, 0.15) is 12.8 Å². The molecule has 0 aliphatic heterocycles. The molecule has 0 aliphatic rings. The Balaban J connectivity index is 2.78. The Labute approximate surface area is 107 Å². The van der Waals surface area contributed by atoms with E-state index in [4.69, 9.17) is 9.26 Å². The molecule has 0 N–H and O–H groups in total. The number of carbonyl (C=O) groups excluding carboxylic acids is 1. The van der Waals surface area contributed by atoms with Gasteiger partial charge in [0.05, 0.1) is 7.11 Å². The largest absolute Gasteiger partial charge is 0.497 e. The lowest BCUT2D eigenvalue weighted by atomic mass is 10.3. The van der Waals surface area contributed by atoms with Gasteiger partial charge in [0, 0.05) is 18.6 Å². The summed E-state index contributed by atoms with van der Waals surface area (Å²) in [4.78, 5) is 10.0. The summed E-state index contributed by atoms with van der Waals surface area (Å²) in [7, 11) is 0.197. The first-order chi connectivity index (χ1) is 8.66. The van der Waals surface area contributed by atoms with E-state index in [0.717, 1.165) is 0 Å². The number of ether oxygens (including phenoxy) is 1. The molecule has 0 spiro atoms. The zero-order valence-corrected chi connectivity index (χ0v) is 11.5. The zero-order chi connectivity index (χ0) is 13.4. The number of hydrogen-bond donors (Lipinski definition) is 0. The summed E-state index contributed by atoms with van der Waals surface area (Å²) >= 11 is 0. The van der Waals surface area contributed by atoms with Crippen LogP contribution in [-0.4, -0.2) is 26.3 Å². The van der Waals surface area contributed by atoms with Gasteiger partial charge in [0.15, 0.2) is 0 Å². The van der Waals surface area contributed by atoms with Crippen molar-refractivity contribution in [3.05, 3.63) is 30.3 Å². The number of hydrogen-bond acceptors (Lipinski definition) is 4. The molecule has 4 nitrogen and oxygen atoms in total. The third-order valence-electron chi connectivity index (χ3n) is 2.65. The van der Waals surface area contributed by atoms with Gasteiger partial charge < -0.3 is 9.26 Å². The normalized spacial score (nSPS) is 13.4. The maximum atomic E-state index is 12.6. The summed E-state index contributed by atoms with van der Waals surface area (Å²) in [5, 5.41) is 0.667. The molecule has 1 atom stereocenters. The predicted molar refractivity (Wildman–Crippen MR) is 71.6 cm³/mol. The van der Waals surface area contributed by atoms with Crippen molar-refractivity contribution in [1.82, 2.24) is 0 Å². The first-order valence-electron chi connectivity index (χ1n) is 5.65. The molecule has 1 rings (SSSR count). The summed E-state index contributed by atoms with van der Waals surface area (Å²) < 4.78 is 22.8. The van der Waals surface area contributed by atoms with Gasteiger partial charge in [-0.2, -0.15) is 0 Å². The summed E-state index contributed by atoms with van der Waals surface area (Å²) in [6.45, 7) is 0. The quantitative estimate of drug-likeness (QED) is 0.433. The number of unbranched alkanes of at least 4 members (excludes halogenated alkanes) is 1. The van der Waals surface area contributed by atoms with Crippen LogP contribution in [0.3, 0.4) is 0 Å². The minimum atomic E-state index is -2.83. The topological polar surface area (TPSA) is 52.6 Å². The van der Waals surface area contributed by atoms with Crippen molar-refractivity contribution in [1.29, 1.82) is 0 Å². The van der Waals surface area contributed by atoms with E-state index in [1.807, 2.05) is 0 Å². The van der Waals surface area contributed by atoms with Crippen LogP contribution in [0.5, 0.6) is 5.75 Å². The first-order valence-corrected chi connectivity index (χ1v) is 7.46. The van der Waals surface area contributed by atoms with Gasteiger partial charge in [0.2, 0.25) is 7.37 Å². The lowest BCUT2D eigenvalue weighted by Gasteiger charge is -2.16. The summed E-state index contributed by atoms with van der Waals surface area (Å²) in [6.07, 6.45) is 3.00. The second kappa shape index (κ2) is 7.17. The Morgan fingerprint density at radius 3 is 2.44 bits per heavy atom. The molecule has 1 aromatic rings. The first kappa shape index (κ1) is 14.7.